The lowest BCUT2D eigenvalue weighted by atomic mass is 10.1. The predicted octanol–water partition coefficient (Wildman–Crippen LogP) is 3.08. The number of Topliss-reactive ketones (excluding diaryl/α,β-unsaturated/α-hetero) is 1. The summed E-state index contributed by atoms with van der Waals surface area (Å²) in [5.41, 5.74) is 0.578. The molecule has 0 aliphatic carbocycles. The highest BCUT2D eigenvalue weighted by Gasteiger charge is 2.21. The summed E-state index contributed by atoms with van der Waals surface area (Å²) in [6, 6.07) is 7.44. The molecule has 8 nitrogen and oxygen atoms in total. The summed E-state index contributed by atoms with van der Waals surface area (Å²) in [6.07, 6.45) is 0. The van der Waals surface area contributed by atoms with Gasteiger partial charge >= 0.3 is 5.97 Å². The Kier molecular flexibility index (Phi) is 5.70. The molecule has 0 saturated carbocycles. The number of fused-ring (bicyclic) bond motifs is 1. The van der Waals surface area contributed by atoms with Crippen LogP contribution in [0.2, 0.25) is 5.02 Å². The van der Waals surface area contributed by atoms with Crippen LogP contribution in [0.1, 0.15) is 27.6 Å². The van der Waals surface area contributed by atoms with Crippen molar-refractivity contribution < 1.29 is 33.3 Å². The van der Waals surface area contributed by atoms with Gasteiger partial charge in [-0.15, -0.1) is 0 Å². The smallest absolute Gasteiger partial charge is 0.342 e. The van der Waals surface area contributed by atoms with Crippen molar-refractivity contribution in [2.45, 2.75) is 6.92 Å². The Hall–Kier alpha value is -3.26. The van der Waals surface area contributed by atoms with E-state index in [0.717, 1.165) is 0 Å². The van der Waals surface area contributed by atoms with Gasteiger partial charge in [-0.1, -0.05) is 11.6 Å². The topological polar surface area (TPSA) is 100 Å². The Morgan fingerprint density at radius 1 is 1.11 bits per heavy atom. The highest BCUT2D eigenvalue weighted by molar-refractivity contribution is 6.31. The summed E-state index contributed by atoms with van der Waals surface area (Å²) in [6.45, 7) is 0.822. The van der Waals surface area contributed by atoms with E-state index in [1.54, 1.807) is 6.07 Å². The van der Waals surface area contributed by atoms with Gasteiger partial charge < -0.3 is 24.3 Å². The van der Waals surface area contributed by atoms with Gasteiger partial charge in [0.25, 0.3) is 5.91 Å². The number of benzene rings is 2. The van der Waals surface area contributed by atoms with Crippen molar-refractivity contribution in [2.24, 2.45) is 0 Å². The molecule has 9 heteroatoms. The van der Waals surface area contributed by atoms with Crippen molar-refractivity contribution in [3.8, 4) is 17.2 Å². The van der Waals surface area contributed by atoms with Crippen LogP contribution in [0.5, 0.6) is 17.2 Å². The molecule has 0 atom stereocenters. The zero-order valence-corrected chi connectivity index (χ0v) is 15.8. The molecule has 0 radical (unpaired) electrons. The van der Waals surface area contributed by atoms with E-state index >= 15 is 0 Å². The number of esters is 1. The van der Waals surface area contributed by atoms with Crippen molar-refractivity contribution in [2.75, 3.05) is 25.8 Å². The first-order valence-corrected chi connectivity index (χ1v) is 8.52. The second-order valence-electron chi connectivity index (χ2n) is 5.78. The standard InChI is InChI=1S/C19H16ClNO7/c1-10(22)12-6-16-17(28-9-27-16)7-14(12)21-18(23)8-26-19(24)13-5-11(20)3-4-15(13)25-2/h3-7H,8-9H2,1-2H3,(H,21,23). The maximum atomic E-state index is 12.2. The van der Waals surface area contributed by atoms with Gasteiger partial charge in [-0.3, -0.25) is 9.59 Å². The fourth-order valence-electron chi connectivity index (χ4n) is 2.57. The van der Waals surface area contributed by atoms with E-state index in [1.807, 2.05) is 0 Å². The Morgan fingerprint density at radius 2 is 1.82 bits per heavy atom. The average molecular weight is 406 g/mol. The number of methoxy groups -OCH3 is 1. The highest BCUT2D eigenvalue weighted by atomic mass is 35.5. The number of carbonyl (C=O) groups excluding carboxylic acids is 3. The quantitative estimate of drug-likeness (QED) is 0.582. The number of hydrogen-bond acceptors (Lipinski definition) is 7. The summed E-state index contributed by atoms with van der Waals surface area (Å²) in [5, 5.41) is 2.86. The van der Waals surface area contributed by atoms with E-state index in [-0.39, 0.29) is 35.1 Å². The minimum absolute atomic E-state index is 0.0309. The molecule has 1 aliphatic heterocycles. The molecule has 1 heterocycles. The van der Waals surface area contributed by atoms with Crippen molar-refractivity contribution in [1.82, 2.24) is 0 Å². The van der Waals surface area contributed by atoms with Crippen molar-refractivity contribution in [1.29, 1.82) is 0 Å². The van der Waals surface area contributed by atoms with Crippen LogP contribution in [-0.2, 0) is 9.53 Å². The van der Waals surface area contributed by atoms with Gasteiger partial charge in [-0.25, -0.2) is 4.79 Å². The van der Waals surface area contributed by atoms with E-state index in [0.29, 0.717) is 16.5 Å². The van der Waals surface area contributed by atoms with Gasteiger partial charge in [0.1, 0.15) is 11.3 Å². The number of nitrogens with one attached hydrogen (secondary N) is 1. The van der Waals surface area contributed by atoms with Gasteiger partial charge in [0.2, 0.25) is 6.79 Å². The molecule has 3 rings (SSSR count). The fourth-order valence-corrected chi connectivity index (χ4v) is 2.74. The van der Waals surface area contributed by atoms with Crippen LogP contribution in [0.25, 0.3) is 0 Å². The SMILES string of the molecule is COc1ccc(Cl)cc1C(=O)OCC(=O)Nc1cc2c(cc1C(C)=O)OCO2. The van der Waals surface area contributed by atoms with Gasteiger partial charge in [-0.05, 0) is 31.2 Å². The zero-order chi connectivity index (χ0) is 20.3. The van der Waals surface area contributed by atoms with Crippen molar-refractivity contribution in [3.05, 3.63) is 46.5 Å². The maximum absolute atomic E-state index is 12.2. The Balaban J connectivity index is 1.69. The first kappa shape index (κ1) is 19.5. The number of hydrogen-bond donors (Lipinski definition) is 1. The Labute approximate surface area is 165 Å². The third-order valence-electron chi connectivity index (χ3n) is 3.88. The van der Waals surface area contributed by atoms with Crippen LogP contribution < -0.4 is 19.5 Å². The number of ether oxygens (including phenoxy) is 4. The van der Waals surface area contributed by atoms with E-state index in [2.05, 4.69) is 5.32 Å². The molecule has 0 spiro atoms. The monoisotopic (exact) mass is 405 g/mol. The third-order valence-corrected chi connectivity index (χ3v) is 4.12. The molecule has 1 aliphatic rings. The van der Waals surface area contributed by atoms with Gasteiger partial charge in [0.05, 0.1) is 12.8 Å². The summed E-state index contributed by atoms with van der Waals surface area (Å²) in [4.78, 5) is 36.3. The molecule has 0 aromatic heterocycles. The molecular formula is C19H16ClNO7. The summed E-state index contributed by atoms with van der Waals surface area (Å²) >= 11 is 5.88. The fraction of sp³-hybridized carbons (Fsp3) is 0.211. The number of rotatable bonds is 6. The molecule has 0 bridgehead atoms. The van der Waals surface area contributed by atoms with Crippen LogP contribution >= 0.6 is 11.6 Å². The van der Waals surface area contributed by atoms with Crippen LogP contribution in [0.15, 0.2) is 30.3 Å². The lowest BCUT2D eigenvalue weighted by Crippen LogP contribution is -2.22. The van der Waals surface area contributed by atoms with Crippen LogP contribution in [0.3, 0.4) is 0 Å². The summed E-state index contributed by atoms with van der Waals surface area (Å²) in [5.74, 6) is -0.579. The molecular weight excluding hydrogens is 390 g/mol. The first-order valence-electron chi connectivity index (χ1n) is 8.14. The normalized spacial score (nSPS) is 11.7. The Bertz CT molecular complexity index is 958. The predicted molar refractivity (Wildman–Crippen MR) is 99.5 cm³/mol. The number of carbonyl (C=O) groups is 3. The number of anilines is 1. The second-order valence-corrected chi connectivity index (χ2v) is 6.21. The third kappa shape index (κ3) is 4.17. The minimum Gasteiger partial charge on any atom is -0.496 e. The zero-order valence-electron chi connectivity index (χ0n) is 15.0. The summed E-state index contributed by atoms with van der Waals surface area (Å²) < 4.78 is 20.6. The van der Waals surface area contributed by atoms with E-state index in [9.17, 15) is 14.4 Å². The molecule has 2 aromatic rings. The second kappa shape index (κ2) is 8.18. The number of amides is 1. The molecule has 2 aromatic carbocycles. The molecule has 0 saturated heterocycles. The van der Waals surface area contributed by atoms with Crippen molar-refractivity contribution >= 4 is 34.9 Å². The molecule has 0 fully saturated rings. The molecule has 1 N–H and O–H groups in total. The van der Waals surface area contributed by atoms with E-state index < -0.39 is 18.5 Å². The first-order chi connectivity index (χ1) is 13.4. The average Bonchev–Trinajstić information content (AvgIpc) is 3.12. The van der Waals surface area contributed by atoms with Crippen LogP contribution in [-0.4, -0.2) is 38.2 Å². The molecule has 146 valence electrons. The highest BCUT2D eigenvalue weighted by Crippen LogP contribution is 2.37. The van der Waals surface area contributed by atoms with Crippen molar-refractivity contribution in [3.63, 3.8) is 0 Å². The van der Waals surface area contributed by atoms with E-state index in [4.69, 9.17) is 30.5 Å². The molecule has 28 heavy (non-hydrogen) atoms. The molecule has 1 amide bonds. The van der Waals surface area contributed by atoms with Gasteiger partial charge in [0, 0.05) is 16.7 Å². The number of ketones is 1. The van der Waals surface area contributed by atoms with Crippen LogP contribution in [0.4, 0.5) is 5.69 Å². The van der Waals surface area contributed by atoms with E-state index in [1.165, 1.54) is 38.3 Å². The van der Waals surface area contributed by atoms with Gasteiger partial charge in [0.15, 0.2) is 23.9 Å². The lowest BCUT2D eigenvalue weighted by Gasteiger charge is -2.12. The maximum Gasteiger partial charge on any atom is 0.342 e. The summed E-state index contributed by atoms with van der Waals surface area (Å²) in [7, 11) is 1.40. The Morgan fingerprint density at radius 3 is 2.50 bits per heavy atom. The molecule has 0 unspecified atom stereocenters. The van der Waals surface area contributed by atoms with Crippen LogP contribution in [0, 0.1) is 0 Å². The largest absolute Gasteiger partial charge is 0.496 e. The lowest BCUT2D eigenvalue weighted by molar-refractivity contribution is -0.119. The van der Waals surface area contributed by atoms with Gasteiger partial charge in [-0.2, -0.15) is 0 Å². The minimum atomic E-state index is -0.771. The number of halogens is 1.